The van der Waals surface area contributed by atoms with E-state index in [0.29, 0.717) is 35.6 Å². The van der Waals surface area contributed by atoms with E-state index in [-0.39, 0.29) is 5.75 Å². The van der Waals surface area contributed by atoms with Gasteiger partial charge in [-0.2, -0.15) is 8.78 Å². The van der Waals surface area contributed by atoms with Gasteiger partial charge in [0.2, 0.25) is 0 Å². The molecule has 0 fully saturated rings. The van der Waals surface area contributed by atoms with Crippen molar-refractivity contribution in [3.8, 4) is 11.5 Å². The summed E-state index contributed by atoms with van der Waals surface area (Å²) in [5.74, 6) is 0.534. The zero-order valence-corrected chi connectivity index (χ0v) is 14.5. The van der Waals surface area contributed by atoms with Crippen LogP contribution >= 0.6 is 11.8 Å². The fraction of sp³-hybridized carbons (Fsp3) is 0.412. The first kappa shape index (κ1) is 18.6. The SMILES string of the molecule is COc1ccc(CCNCc2ccc(CSC(F)F)o2)cc1OC. The molecule has 0 atom stereocenters. The molecule has 0 spiro atoms. The minimum Gasteiger partial charge on any atom is -0.493 e. The summed E-state index contributed by atoms with van der Waals surface area (Å²) < 4.78 is 40.3. The van der Waals surface area contributed by atoms with Gasteiger partial charge in [0.15, 0.2) is 11.5 Å². The molecule has 24 heavy (non-hydrogen) atoms. The first-order valence-corrected chi connectivity index (χ1v) is 8.56. The molecule has 132 valence electrons. The molecule has 1 aromatic heterocycles. The standard InChI is InChI=1S/C17H21F2NO3S/c1-21-15-6-3-12(9-16(15)22-2)7-8-20-10-13-4-5-14(23-13)11-24-17(18)19/h3-6,9,17,20H,7-8,10-11H2,1-2H3. The molecule has 0 saturated carbocycles. The van der Waals surface area contributed by atoms with Crippen LogP contribution in [0, 0.1) is 0 Å². The summed E-state index contributed by atoms with van der Waals surface area (Å²) >= 11 is 0.560. The van der Waals surface area contributed by atoms with Crippen LogP contribution < -0.4 is 14.8 Å². The zero-order chi connectivity index (χ0) is 17.4. The Kier molecular flexibility index (Phi) is 7.39. The highest BCUT2D eigenvalue weighted by Gasteiger charge is 2.07. The number of benzene rings is 1. The summed E-state index contributed by atoms with van der Waals surface area (Å²) in [6, 6.07) is 9.38. The number of hydrogen-bond donors (Lipinski definition) is 1. The fourth-order valence-corrected chi connectivity index (χ4v) is 2.67. The van der Waals surface area contributed by atoms with Crippen molar-refractivity contribution in [1.29, 1.82) is 0 Å². The number of rotatable bonds is 10. The lowest BCUT2D eigenvalue weighted by Gasteiger charge is -2.09. The Morgan fingerprint density at radius 1 is 1.08 bits per heavy atom. The van der Waals surface area contributed by atoms with E-state index in [2.05, 4.69) is 5.32 Å². The number of nitrogens with one attached hydrogen (secondary N) is 1. The molecule has 7 heteroatoms. The van der Waals surface area contributed by atoms with E-state index in [1.165, 1.54) is 0 Å². The van der Waals surface area contributed by atoms with Crippen LogP contribution in [0.4, 0.5) is 8.78 Å². The van der Waals surface area contributed by atoms with Crippen molar-refractivity contribution in [3.05, 3.63) is 47.4 Å². The van der Waals surface area contributed by atoms with Gasteiger partial charge in [-0.25, -0.2) is 0 Å². The highest BCUT2D eigenvalue weighted by Crippen LogP contribution is 2.27. The molecule has 1 heterocycles. The van der Waals surface area contributed by atoms with Crippen molar-refractivity contribution >= 4 is 11.8 Å². The van der Waals surface area contributed by atoms with Crippen LogP contribution in [-0.4, -0.2) is 26.5 Å². The summed E-state index contributed by atoms with van der Waals surface area (Å²) in [4.78, 5) is 0. The summed E-state index contributed by atoms with van der Waals surface area (Å²) in [6.07, 6.45) is 0.829. The van der Waals surface area contributed by atoms with Gasteiger partial charge in [0.05, 0.1) is 26.5 Å². The molecule has 0 aliphatic carbocycles. The quantitative estimate of drug-likeness (QED) is 0.649. The van der Waals surface area contributed by atoms with Gasteiger partial charge >= 0.3 is 0 Å². The maximum absolute atomic E-state index is 12.1. The second-order valence-corrected chi connectivity index (χ2v) is 6.03. The molecule has 0 bridgehead atoms. The average Bonchev–Trinajstić information content (AvgIpc) is 3.04. The van der Waals surface area contributed by atoms with Crippen molar-refractivity contribution in [2.45, 2.75) is 24.5 Å². The number of methoxy groups -OCH3 is 2. The average molecular weight is 357 g/mol. The third-order valence-electron chi connectivity index (χ3n) is 3.41. The van der Waals surface area contributed by atoms with E-state index >= 15 is 0 Å². The zero-order valence-electron chi connectivity index (χ0n) is 13.7. The third kappa shape index (κ3) is 5.72. The second kappa shape index (κ2) is 9.54. The van der Waals surface area contributed by atoms with Crippen LogP contribution in [0.15, 0.2) is 34.7 Å². The fourth-order valence-electron chi connectivity index (χ4n) is 2.22. The van der Waals surface area contributed by atoms with Crippen LogP contribution in [-0.2, 0) is 18.7 Å². The molecule has 1 aromatic carbocycles. The van der Waals surface area contributed by atoms with Crippen LogP contribution in [0.3, 0.4) is 0 Å². The Labute approximate surface area is 144 Å². The number of furan rings is 1. The Balaban J connectivity index is 1.75. The number of alkyl halides is 2. The molecule has 4 nitrogen and oxygen atoms in total. The van der Waals surface area contributed by atoms with E-state index in [0.717, 1.165) is 24.3 Å². The lowest BCUT2D eigenvalue weighted by molar-refractivity contribution is 0.251. The van der Waals surface area contributed by atoms with Crippen LogP contribution in [0.5, 0.6) is 11.5 Å². The molecule has 0 saturated heterocycles. The lowest BCUT2D eigenvalue weighted by atomic mass is 10.1. The largest absolute Gasteiger partial charge is 0.493 e. The maximum atomic E-state index is 12.1. The minimum absolute atomic E-state index is 0.184. The molecule has 0 unspecified atom stereocenters. The van der Waals surface area contributed by atoms with Gasteiger partial charge in [0, 0.05) is 0 Å². The van der Waals surface area contributed by atoms with Gasteiger partial charge in [-0.15, -0.1) is 0 Å². The van der Waals surface area contributed by atoms with Gasteiger partial charge in [0.1, 0.15) is 11.5 Å². The van der Waals surface area contributed by atoms with Gasteiger partial charge in [-0.3, -0.25) is 0 Å². The Hall–Kier alpha value is -1.73. The number of thioether (sulfide) groups is 1. The summed E-state index contributed by atoms with van der Waals surface area (Å²) in [5, 5.41) is 3.27. The van der Waals surface area contributed by atoms with E-state index < -0.39 is 5.76 Å². The highest BCUT2D eigenvalue weighted by molar-refractivity contribution is 7.98. The van der Waals surface area contributed by atoms with Crippen LogP contribution in [0.1, 0.15) is 17.1 Å². The van der Waals surface area contributed by atoms with E-state index in [9.17, 15) is 8.78 Å². The van der Waals surface area contributed by atoms with Crippen molar-refractivity contribution in [1.82, 2.24) is 5.32 Å². The Bertz CT molecular complexity index is 634. The van der Waals surface area contributed by atoms with Crippen LogP contribution in [0.25, 0.3) is 0 Å². The smallest absolute Gasteiger partial charge is 0.284 e. The first-order chi connectivity index (χ1) is 11.6. The van der Waals surface area contributed by atoms with E-state index in [4.69, 9.17) is 13.9 Å². The summed E-state index contributed by atoms with van der Waals surface area (Å²) in [6.45, 7) is 1.32. The predicted octanol–water partition coefficient (Wildman–Crippen LogP) is 4.08. The lowest BCUT2D eigenvalue weighted by Crippen LogP contribution is -2.16. The number of ether oxygens (including phenoxy) is 2. The monoisotopic (exact) mass is 357 g/mol. The Morgan fingerprint density at radius 2 is 1.83 bits per heavy atom. The molecule has 2 rings (SSSR count). The minimum atomic E-state index is -2.38. The van der Waals surface area contributed by atoms with Crippen molar-refractivity contribution < 1.29 is 22.7 Å². The van der Waals surface area contributed by atoms with Crippen LogP contribution in [0.2, 0.25) is 0 Å². The Morgan fingerprint density at radius 3 is 2.54 bits per heavy atom. The molecule has 1 N–H and O–H groups in total. The molecule has 0 amide bonds. The van der Waals surface area contributed by atoms with Crippen molar-refractivity contribution in [2.75, 3.05) is 20.8 Å². The summed E-state index contributed by atoms with van der Waals surface area (Å²) in [5.41, 5.74) is 1.13. The van der Waals surface area contributed by atoms with Gasteiger partial charge in [-0.05, 0) is 42.8 Å². The maximum Gasteiger partial charge on any atom is 0.284 e. The highest BCUT2D eigenvalue weighted by atomic mass is 32.2. The summed E-state index contributed by atoms with van der Waals surface area (Å²) in [7, 11) is 3.22. The van der Waals surface area contributed by atoms with Gasteiger partial charge < -0.3 is 19.2 Å². The normalized spacial score (nSPS) is 11.0. The number of hydrogen-bond acceptors (Lipinski definition) is 5. The van der Waals surface area contributed by atoms with E-state index in [1.807, 2.05) is 24.3 Å². The third-order valence-corrected chi connectivity index (χ3v) is 4.11. The van der Waals surface area contributed by atoms with E-state index in [1.54, 1.807) is 20.3 Å². The van der Waals surface area contributed by atoms with Crippen molar-refractivity contribution in [3.63, 3.8) is 0 Å². The topological polar surface area (TPSA) is 43.6 Å². The molecular weight excluding hydrogens is 336 g/mol. The molecule has 0 aliphatic heterocycles. The molecule has 2 aromatic rings. The van der Waals surface area contributed by atoms with Gasteiger partial charge in [-0.1, -0.05) is 17.8 Å². The van der Waals surface area contributed by atoms with Gasteiger partial charge in [0.25, 0.3) is 5.76 Å². The molecule has 0 aliphatic rings. The molecule has 0 radical (unpaired) electrons. The predicted molar refractivity (Wildman–Crippen MR) is 91.0 cm³/mol. The number of halogens is 2. The molecular formula is C17H21F2NO3S. The van der Waals surface area contributed by atoms with Crippen molar-refractivity contribution in [2.24, 2.45) is 0 Å². The first-order valence-electron chi connectivity index (χ1n) is 7.51. The second-order valence-electron chi connectivity index (χ2n) is 5.06.